The van der Waals surface area contributed by atoms with Gasteiger partial charge in [0.2, 0.25) is 0 Å². The van der Waals surface area contributed by atoms with Crippen LogP contribution in [0.2, 0.25) is 0 Å². The molecular formula is C21H19NO. The molecule has 0 saturated heterocycles. The average molecular weight is 301 g/mol. The van der Waals surface area contributed by atoms with E-state index >= 15 is 0 Å². The molecule has 0 bridgehead atoms. The molecular weight excluding hydrogens is 282 g/mol. The predicted molar refractivity (Wildman–Crippen MR) is 98.1 cm³/mol. The number of pyridine rings is 1. The molecule has 23 heavy (non-hydrogen) atoms. The van der Waals surface area contributed by atoms with Crippen LogP contribution < -0.4 is 5.43 Å². The number of hydrogen-bond acceptors (Lipinski definition) is 1. The third-order valence-electron chi connectivity index (χ3n) is 4.59. The molecule has 0 aliphatic carbocycles. The van der Waals surface area contributed by atoms with Crippen molar-refractivity contribution in [1.82, 2.24) is 4.57 Å². The van der Waals surface area contributed by atoms with E-state index < -0.39 is 0 Å². The second kappa shape index (κ2) is 5.54. The van der Waals surface area contributed by atoms with Gasteiger partial charge in [-0.25, -0.2) is 0 Å². The highest BCUT2D eigenvalue weighted by molar-refractivity contribution is 6.08. The van der Waals surface area contributed by atoms with Crippen molar-refractivity contribution in [1.29, 1.82) is 0 Å². The van der Waals surface area contributed by atoms with E-state index in [1.165, 1.54) is 5.39 Å². The Labute approximate surface area is 135 Å². The zero-order valence-corrected chi connectivity index (χ0v) is 13.3. The van der Waals surface area contributed by atoms with Crippen LogP contribution in [0, 0.1) is 0 Å². The van der Waals surface area contributed by atoms with Gasteiger partial charge in [-0.05, 0) is 30.0 Å². The Morgan fingerprint density at radius 1 is 0.826 bits per heavy atom. The number of rotatable bonds is 3. The minimum Gasteiger partial charge on any atom is -0.340 e. The van der Waals surface area contributed by atoms with Crippen molar-refractivity contribution >= 4 is 32.6 Å². The molecule has 0 spiro atoms. The first-order chi connectivity index (χ1) is 11.3. The Kier molecular flexibility index (Phi) is 3.38. The van der Waals surface area contributed by atoms with Crippen LogP contribution in [0.1, 0.15) is 19.8 Å². The van der Waals surface area contributed by atoms with Crippen LogP contribution in [0.4, 0.5) is 0 Å². The Hall–Kier alpha value is -2.61. The van der Waals surface area contributed by atoms with Gasteiger partial charge in [-0.3, -0.25) is 4.79 Å². The molecule has 0 N–H and O–H groups in total. The van der Waals surface area contributed by atoms with E-state index in [1.54, 1.807) is 0 Å². The normalized spacial score (nSPS) is 11.5. The molecule has 0 aliphatic heterocycles. The van der Waals surface area contributed by atoms with Gasteiger partial charge in [-0.15, -0.1) is 0 Å². The molecule has 0 unspecified atom stereocenters. The Morgan fingerprint density at radius 2 is 1.57 bits per heavy atom. The fraction of sp³-hybridized carbons (Fsp3) is 0.190. The molecule has 2 nitrogen and oxygen atoms in total. The minimum absolute atomic E-state index is 0.133. The Balaban J connectivity index is 2.27. The summed E-state index contributed by atoms with van der Waals surface area (Å²) in [5.74, 6) is 0. The van der Waals surface area contributed by atoms with Crippen LogP contribution in [-0.2, 0) is 6.54 Å². The zero-order chi connectivity index (χ0) is 15.8. The maximum Gasteiger partial charge on any atom is 0.197 e. The highest BCUT2D eigenvalue weighted by Gasteiger charge is 2.12. The summed E-state index contributed by atoms with van der Waals surface area (Å²) >= 11 is 0. The SMILES string of the molecule is CCCCn1c2ccccc2c(=O)c2ccc3ccccc3c21. The van der Waals surface area contributed by atoms with Gasteiger partial charge in [-0.1, -0.05) is 55.8 Å². The van der Waals surface area contributed by atoms with E-state index in [0.29, 0.717) is 0 Å². The molecule has 114 valence electrons. The molecule has 0 atom stereocenters. The Morgan fingerprint density at radius 3 is 2.39 bits per heavy atom. The molecule has 0 saturated carbocycles. The van der Waals surface area contributed by atoms with Crippen LogP contribution >= 0.6 is 0 Å². The van der Waals surface area contributed by atoms with Crippen molar-refractivity contribution in [2.24, 2.45) is 0 Å². The molecule has 4 aromatic rings. The van der Waals surface area contributed by atoms with Gasteiger partial charge in [0.25, 0.3) is 0 Å². The summed E-state index contributed by atoms with van der Waals surface area (Å²) in [5, 5.41) is 3.97. The maximum absolute atomic E-state index is 12.9. The summed E-state index contributed by atoms with van der Waals surface area (Å²) in [6.07, 6.45) is 2.23. The zero-order valence-electron chi connectivity index (χ0n) is 13.3. The van der Waals surface area contributed by atoms with E-state index in [4.69, 9.17) is 0 Å². The number of nitrogens with zero attached hydrogens (tertiary/aromatic N) is 1. The molecule has 0 aliphatic rings. The number of hydrogen-bond donors (Lipinski definition) is 0. The summed E-state index contributed by atoms with van der Waals surface area (Å²) in [6, 6.07) is 20.3. The van der Waals surface area contributed by atoms with Crippen molar-refractivity contribution in [2.45, 2.75) is 26.3 Å². The second-order valence-corrected chi connectivity index (χ2v) is 6.03. The minimum atomic E-state index is 0.133. The lowest BCUT2D eigenvalue weighted by molar-refractivity contribution is 0.663. The fourth-order valence-corrected chi connectivity index (χ4v) is 3.44. The average Bonchev–Trinajstić information content (AvgIpc) is 2.61. The van der Waals surface area contributed by atoms with E-state index in [0.717, 1.165) is 46.6 Å². The number of para-hydroxylation sites is 1. The van der Waals surface area contributed by atoms with Crippen LogP contribution in [0.15, 0.2) is 65.5 Å². The summed E-state index contributed by atoms with van der Waals surface area (Å²) in [5.41, 5.74) is 2.24. The van der Waals surface area contributed by atoms with Gasteiger partial charge >= 0.3 is 0 Å². The first-order valence-corrected chi connectivity index (χ1v) is 8.24. The van der Waals surface area contributed by atoms with E-state index in [1.807, 2.05) is 36.4 Å². The highest BCUT2D eigenvalue weighted by Crippen LogP contribution is 2.27. The maximum atomic E-state index is 12.9. The van der Waals surface area contributed by atoms with Crippen LogP contribution in [0.3, 0.4) is 0 Å². The van der Waals surface area contributed by atoms with Crippen LogP contribution in [0.25, 0.3) is 32.6 Å². The molecule has 0 amide bonds. The number of aryl methyl sites for hydroxylation is 1. The molecule has 1 aromatic heterocycles. The molecule has 4 rings (SSSR count). The largest absolute Gasteiger partial charge is 0.340 e. The topological polar surface area (TPSA) is 22.0 Å². The number of unbranched alkanes of at least 4 members (excludes halogenated alkanes) is 1. The van der Waals surface area contributed by atoms with Crippen molar-refractivity contribution in [2.75, 3.05) is 0 Å². The first kappa shape index (κ1) is 14.0. The van der Waals surface area contributed by atoms with Gasteiger partial charge in [0, 0.05) is 22.7 Å². The standard InChI is InChI=1S/C21H19NO/c1-2-3-14-22-19-11-7-6-10-17(19)21(23)18-13-12-15-8-4-5-9-16(15)20(18)22/h4-13H,2-3,14H2,1H3. The third kappa shape index (κ3) is 2.14. The quantitative estimate of drug-likeness (QED) is 0.381. The van der Waals surface area contributed by atoms with Gasteiger partial charge < -0.3 is 4.57 Å². The summed E-state index contributed by atoms with van der Waals surface area (Å²) in [6.45, 7) is 3.13. The lowest BCUT2D eigenvalue weighted by Crippen LogP contribution is -2.12. The van der Waals surface area contributed by atoms with Gasteiger partial charge in [0.05, 0.1) is 11.0 Å². The molecule has 1 heterocycles. The van der Waals surface area contributed by atoms with E-state index in [9.17, 15) is 4.79 Å². The summed E-state index contributed by atoms with van der Waals surface area (Å²) in [7, 11) is 0. The molecule has 0 radical (unpaired) electrons. The molecule has 3 aromatic carbocycles. The van der Waals surface area contributed by atoms with Crippen LogP contribution in [0.5, 0.6) is 0 Å². The first-order valence-electron chi connectivity index (χ1n) is 8.24. The number of aromatic nitrogens is 1. The molecule has 2 heteroatoms. The van der Waals surface area contributed by atoms with Gasteiger partial charge in [0.1, 0.15) is 0 Å². The monoisotopic (exact) mass is 301 g/mol. The van der Waals surface area contributed by atoms with Crippen molar-refractivity contribution in [3.05, 3.63) is 70.9 Å². The number of fused-ring (bicyclic) bond motifs is 4. The number of benzene rings is 3. The van der Waals surface area contributed by atoms with Crippen LogP contribution in [-0.4, -0.2) is 4.57 Å². The smallest absolute Gasteiger partial charge is 0.197 e. The van der Waals surface area contributed by atoms with Gasteiger partial charge in [-0.2, -0.15) is 0 Å². The predicted octanol–water partition coefficient (Wildman–Crippen LogP) is 5.11. The summed E-state index contributed by atoms with van der Waals surface area (Å²) in [4.78, 5) is 12.9. The molecule has 0 fully saturated rings. The van der Waals surface area contributed by atoms with Crippen molar-refractivity contribution < 1.29 is 0 Å². The highest BCUT2D eigenvalue weighted by atomic mass is 16.1. The fourth-order valence-electron chi connectivity index (χ4n) is 3.44. The van der Waals surface area contributed by atoms with E-state index in [-0.39, 0.29) is 5.43 Å². The second-order valence-electron chi connectivity index (χ2n) is 6.03. The Bertz CT molecular complexity index is 1080. The third-order valence-corrected chi connectivity index (χ3v) is 4.59. The van der Waals surface area contributed by atoms with Crippen molar-refractivity contribution in [3.63, 3.8) is 0 Å². The lowest BCUT2D eigenvalue weighted by atomic mass is 10.0. The lowest BCUT2D eigenvalue weighted by Gasteiger charge is -2.16. The summed E-state index contributed by atoms with van der Waals surface area (Å²) < 4.78 is 2.33. The van der Waals surface area contributed by atoms with Gasteiger partial charge in [0.15, 0.2) is 5.43 Å². The van der Waals surface area contributed by atoms with E-state index in [2.05, 4.69) is 35.8 Å². The van der Waals surface area contributed by atoms with Crippen molar-refractivity contribution in [3.8, 4) is 0 Å².